The standard InChI is InChI=1S/C14H23N3O2/c1-10(2)14(13(18)19)5-6-17(9-14)11(3)12-7-15-16(4)8-12/h7-8,10-11H,5-6,9H2,1-4H3,(H,18,19). The molecule has 0 bridgehead atoms. The molecule has 1 aliphatic rings. The number of carboxylic acid groups (broad SMARTS) is 1. The predicted octanol–water partition coefficient (Wildman–Crippen LogP) is 1.91. The van der Waals surface area contributed by atoms with Gasteiger partial charge in [0.15, 0.2) is 0 Å². The maximum atomic E-state index is 11.6. The summed E-state index contributed by atoms with van der Waals surface area (Å²) in [5.41, 5.74) is 0.545. The molecule has 1 saturated heterocycles. The monoisotopic (exact) mass is 265 g/mol. The molecule has 5 heteroatoms. The summed E-state index contributed by atoms with van der Waals surface area (Å²) in [5.74, 6) is -0.514. The van der Waals surface area contributed by atoms with Crippen LogP contribution in [0.1, 0.15) is 38.8 Å². The Morgan fingerprint density at radius 2 is 2.16 bits per heavy atom. The first-order valence-electron chi connectivity index (χ1n) is 6.83. The van der Waals surface area contributed by atoms with E-state index in [0.717, 1.165) is 18.5 Å². The van der Waals surface area contributed by atoms with E-state index in [0.29, 0.717) is 6.54 Å². The molecule has 0 aromatic carbocycles. The highest BCUT2D eigenvalue weighted by atomic mass is 16.4. The molecule has 106 valence electrons. The van der Waals surface area contributed by atoms with Gasteiger partial charge in [0.05, 0.1) is 11.6 Å². The van der Waals surface area contributed by atoms with Crippen molar-refractivity contribution in [1.82, 2.24) is 14.7 Å². The molecule has 5 nitrogen and oxygen atoms in total. The van der Waals surface area contributed by atoms with Crippen molar-refractivity contribution >= 4 is 5.97 Å². The van der Waals surface area contributed by atoms with Gasteiger partial charge in [-0.3, -0.25) is 14.4 Å². The van der Waals surface area contributed by atoms with E-state index in [9.17, 15) is 9.90 Å². The van der Waals surface area contributed by atoms with E-state index in [-0.39, 0.29) is 12.0 Å². The molecule has 2 unspecified atom stereocenters. The number of nitrogens with zero attached hydrogens (tertiary/aromatic N) is 3. The zero-order valence-electron chi connectivity index (χ0n) is 12.1. The first-order valence-corrected chi connectivity index (χ1v) is 6.83. The van der Waals surface area contributed by atoms with Crippen LogP contribution in [0.3, 0.4) is 0 Å². The molecule has 1 N–H and O–H groups in total. The lowest BCUT2D eigenvalue weighted by Crippen LogP contribution is -2.39. The van der Waals surface area contributed by atoms with Crippen LogP contribution in [0.4, 0.5) is 0 Å². The van der Waals surface area contributed by atoms with Gasteiger partial charge >= 0.3 is 5.97 Å². The molecule has 2 rings (SSSR count). The smallest absolute Gasteiger partial charge is 0.311 e. The number of carboxylic acids is 1. The van der Waals surface area contributed by atoms with Gasteiger partial charge < -0.3 is 5.11 Å². The van der Waals surface area contributed by atoms with E-state index in [1.54, 1.807) is 4.68 Å². The quantitative estimate of drug-likeness (QED) is 0.903. The number of aryl methyl sites for hydroxylation is 1. The van der Waals surface area contributed by atoms with Crippen LogP contribution in [0.2, 0.25) is 0 Å². The Morgan fingerprint density at radius 3 is 2.58 bits per heavy atom. The first kappa shape index (κ1) is 14.1. The second-order valence-corrected chi connectivity index (χ2v) is 5.96. The Balaban J connectivity index is 2.15. The van der Waals surface area contributed by atoms with E-state index in [1.807, 2.05) is 33.3 Å². The molecule has 1 aliphatic heterocycles. The van der Waals surface area contributed by atoms with Crippen molar-refractivity contribution in [3.63, 3.8) is 0 Å². The number of rotatable bonds is 4. The molecule has 2 atom stereocenters. The second kappa shape index (κ2) is 4.96. The normalized spacial score (nSPS) is 25.9. The van der Waals surface area contributed by atoms with Gasteiger partial charge in [-0.05, 0) is 25.8 Å². The van der Waals surface area contributed by atoms with Crippen LogP contribution in [0.15, 0.2) is 12.4 Å². The SMILES string of the molecule is CC(c1cnn(C)c1)N1CCC(C(=O)O)(C(C)C)C1. The lowest BCUT2D eigenvalue weighted by atomic mass is 9.76. The Morgan fingerprint density at radius 1 is 1.47 bits per heavy atom. The van der Waals surface area contributed by atoms with E-state index < -0.39 is 11.4 Å². The largest absolute Gasteiger partial charge is 0.481 e. The molecule has 0 amide bonds. The summed E-state index contributed by atoms with van der Waals surface area (Å²) in [6.07, 6.45) is 4.59. The van der Waals surface area contributed by atoms with E-state index in [4.69, 9.17) is 0 Å². The topological polar surface area (TPSA) is 58.4 Å². The van der Waals surface area contributed by atoms with Crippen molar-refractivity contribution in [3.05, 3.63) is 18.0 Å². The summed E-state index contributed by atoms with van der Waals surface area (Å²) in [6, 6.07) is 0.216. The third-order valence-corrected chi connectivity index (χ3v) is 4.62. The summed E-state index contributed by atoms with van der Waals surface area (Å²) in [5, 5.41) is 13.8. The summed E-state index contributed by atoms with van der Waals surface area (Å²) >= 11 is 0. The number of hydrogen-bond donors (Lipinski definition) is 1. The van der Waals surface area contributed by atoms with Gasteiger partial charge in [0.2, 0.25) is 0 Å². The molecule has 1 fully saturated rings. The minimum absolute atomic E-state index is 0.149. The minimum Gasteiger partial charge on any atom is -0.481 e. The number of hydrogen-bond acceptors (Lipinski definition) is 3. The van der Waals surface area contributed by atoms with Gasteiger partial charge in [0, 0.05) is 31.4 Å². The van der Waals surface area contributed by atoms with Crippen LogP contribution in [-0.4, -0.2) is 38.8 Å². The number of aliphatic carboxylic acids is 1. The van der Waals surface area contributed by atoms with Crippen LogP contribution in [0.5, 0.6) is 0 Å². The Kier molecular flexibility index (Phi) is 3.67. The van der Waals surface area contributed by atoms with Crippen molar-refractivity contribution in [2.45, 2.75) is 33.2 Å². The zero-order chi connectivity index (χ0) is 14.2. The number of likely N-dealkylation sites (tertiary alicyclic amines) is 1. The fourth-order valence-corrected chi connectivity index (χ4v) is 2.95. The lowest BCUT2D eigenvalue weighted by molar-refractivity contribution is -0.151. The average Bonchev–Trinajstić information content (AvgIpc) is 2.94. The molecule has 2 heterocycles. The summed E-state index contributed by atoms with van der Waals surface area (Å²) in [6.45, 7) is 7.59. The predicted molar refractivity (Wildman–Crippen MR) is 72.7 cm³/mol. The van der Waals surface area contributed by atoms with Crippen molar-refractivity contribution in [2.24, 2.45) is 18.4 Å². The summed E-state index contributed by atoms with van der Waals surface area (Å²) < 4.78 is 1.79. The van der Waals surface area contributed by atoms with Gasteiger partial charge in [0.1, 0.15) is 0 Å². The van der Waals surface area contributed by atoms with Crippen molar-refractivity contribution in [2.75, 3.05) is 13.1 Å². The van der Waals surface area contributed by atoms with Crippen molar-refractivity contribution in [1.29, 1.82) is 0 Å². The molecule has 0 saturated carbocycles. The van der Waals surface area contributed by atoms with Crippen LogP contribution >= 0.6 is 0 Å². The fourth-order valence-electron chi connectivity index (χ4n) is 2.95. The molecular weight excluding hydrogens is 242 g/mol. The van der Waals surface area contributed by atoms with Gasteiger partial charge in [-0.2, -0.15) is 5.10 Å². The average molecular weight is 265 g/mol. The van der Waals surface area contributed by atoms with Crippen LogP contribution < -0.4 is 0 Å². The van der Waals surface area contributed by atoms with Crippen molar-refractivity contribution < 1.29 is 9.90 Å². The Bertz CT molecular complexity index is 469. The maximum Gasteiger partial charge on any atom is 0.311 e. The second-order valence-electron chi connectivity index (χ2n) is 5.96. The van der Waals surface area contributed by atoms with E-state index in [2.05, 4.69) is 16.9 Å². The molecule has 0 aliphatic carbocycles. The first-order chi connectivity index (χ1) is 8.86. The zero-order valence-corrected chi connectivity index (χ0v) is 12.1. The summed E-state index contributed by atoms with van der Waals surface area (Å²) in [4.78, 5) is 13.9. The van der Waals surface area contributed by atoms with Gasteiger partial charge in [-0.15, -0.1) is 0 Å². The van der Waals surface area contributed by atoms with Gasteiger partial charge in [0.25, 0.3) is 0 Å². The maximum absolute atomic E-state index is 11.6. The molecule has 19 heavy (non-hydrogen) atoms. The highest BCUT2D eigenvalue weighted by Crippen LogP contribution is 2.41. The van der Waals surface area contributed by atoms with Crippen molar-refractivity contribution in [3.8, 4) is 0 Å². The van der Waals surface area contributed by atoms with Gasteiger partial charge in [-0.1, -0.05) is 13.8 Å². The van der Waals surface area contributed by atoms with Crippen LogP contribution in [0, 0.1) is 11.3 Å². The molecule has 0 spiro atoms. The Hall–Kier alpha value is -1.36. The summed E-state index contributed by atoms with van der Waals surface area (Å²) in [7, 11) is 1.90. The van der Waals surface area contributed by atoms with Crippen LogP contribution in [0.25, 0.3) is 0 Å². The van der Waals surface area contributed by atoms with E-state index in [1.165, 1.54) is 0 Å². The third kappa shape index (κ3) is 2.39. The third-order valence-electron chi connectivity index (χ3n) is 4.62. The highest BCUT2D eigenvalue weighted by molar-refractivity contribution is 5.75. The lowest BCUT2D eigenvalue weighted by Gasteiger charge is -2.30. The van der Waals surface area contributed by atoms with Gasteiger partial charge in [-0.25, -0.2) is 0 Å². The minimum atomic E-state index is -0.664. The molecule has 0 radical (unpaired) electrons. The molecule has 1 aromatic rings. The van der Waals surface area contributed by atoms with E-state index >= 15 is 0 Å². The molecule has 1 aromatic heterocycles. The Labute approximate surface area is 114 Å². The number of aromatic nitrogens is 2. The molecular formula is C14H23N3O2. The number of carbonyl (C=O) groups is 1. The van der Waals surface area contributed by atoms with Crippen LogP contribution in [-0.2, 0) is 11.8 Å². The highest BCUT2D eigenvalue weighted by Gasteiger charge is 2.48. The fraction of sp³-hybridized carbons (Fsp3) is 0.714.